The second kappa shape index (κ2) is 10.7. The van der Waals surface area contributed by atoms with Gasteiger partial charge in [0.2, 0.25) is 11.8 Å². The van der Waals surface area contributed by atoms with Gasteiger partial charge in [-0.15, -0.1) is 10.2 Å². The molecule has 2 N–H and O–H groups in total. The zero-order valence-corrected chi connectivity index (χ0v) is 19.6. The van der Waals surface area contributed by atoms with Gasteiger partial charge in [0.05, 0.1) is 0 Å². The predicted molar refractivity (Wildman–Crippen MR) is 130 cm³/mol. The van der Waals surface area contributed by atoms with Gasteiger partial charge in [0.15, 0.2) is 5.16 Å². The first-order valence-electron chi connectivity index (χ1n) is 11.2. The maximum Gasteiger partial charge on any atom is 0.220 e. The Labute approximate surface area is 198 Å². The van der Waals surface area contributed by atoms with E-state index in [1.165, 1.54) is 11.1 Å². The third-order valence-corrected chi connectivity index (χ3v) is 7.03. The smallest absolute Gasteiger partial charge is 0.220 e. The number of carbonyl (C=O) groups excluding carboxylic acids is 2. The molecule has 0 radical (unpaired) electrons. The number of amides is 2. The van der Waals surface area contributed by atoms with Crippen LogP contribution in [0.25, 0.3) is 11.1 Å². The van der Waals surface area contributed by atoms with Gasteiger partial charge >= 0.3 is 0 Å². The van der Waals surface area contributed by atoms with Crippen LogP contribution in [0.4, 0.5) is 0 Å². The monoisotopic (exact) mass is 463 g/mol. The highest BCUT2D eigenvalue weighted by Gasteiger charge is 2.37. The fourth-order valence-corrected chi connectivity index (χ4v) is 4.94. The molecule has 0 bridgehead atoms. The number of aromatic nitrogens is 3. The van der Waals surface area contributed by atoms with Gasteiger partial charge in [0, 0.05) is 37.7 Å². The van der Waals surface area contributed by atoms with Crippen molar-refractivity contribution in [2.24, 2.45) is 7.05 Å². The van der Waals surface area contributed by atoms with E-state index < -0.39 is 0 Å². The van der Waals surface area contributed by atoms with Gasteiger partial charge in [0.25, 0.3) is 0 Å². The summed E-state index contributed by atoms with van der Waals surface area (Å²) in [7, 11) is 1.89. The minimum atomic E-state index is -0.365. The second-order valence-corrected chi connectivity index (χ2v) is 9.55. The van der Waals surface area contributed by atoms with Crippen LogP contribution in [0.2, 0.25) is 0 Å². The van der Waals surface area contributed by atoms with Gasteiger partial charge in [-0.2, -0.15) is 0 Å². The molecule has 3 aromatic rings. The van der Waals surface area contributed by atoms with Crippen molar-refractivity contribution in [3.63, 3.8) is 0 Å². The molecule has 0 aliphatic carbocycles. The van der Waals surface area contributed by atoms with E-state index in [-0.39, 0.29) is 17.4 Å². The molecule has 2 heterocycles. The van der Waals surface area contributed by atoms with Gasteiger partial charge in [-0.25, -0.2) is 0 Å². The third kappa shape index (κ3) is 6.22. The lowest BCUT2D eigenvalue weighted by atomic mass is 9.84. The molecule has 0 saturated carbocycles. The zero-order valence-electron chi connectivity index (χ0n) is 18.8. The third-order valence-electron chi connectivity index (χ3n) is 5.99. The van der Waals surface area contributed by atoms with Crippen LogP contribution in [0.15, 0.2) is 66.1 Å². The summed E-state index contributed by atoms with van der Waals surface area (Å²) in [6.45, 7) is 0.566. The molecule has 8 heteroatoms. The molecule has 1 atom stereocenters. The summed E-state index contributed by atoms with van der Waals surface area (Å²) in [4.78, 5) is 24.5. The molecule has 172 valence electrons. The summed E-state index contributed by atoms with van der Waals surface area (Å²) >= 11 is 1.56. The maximum absolute atomic E-state index is 12.4. The molecule has 0 spiro atoms. The van der Waals surface area contributed by atoms with E-state index in [0.29, 0.717) is 25.8 Å². The second-order valence-electron chi connectivity index (χ2n) is 8.49. The minimum Gasteiger partial charge on any atom is -0.355 e. The first-order chi connectivity index (χ1) is 16.0. The number of nitrogens with one attached hydrogen (secondary N) is 2. The normalized spacial score (nSPS) is 17.7. The highest BCUT2D eigenvalue weighted by molar-refractivity contribution is 7.99. The molecule has 4 rings (SSSR count). The van der Waals surface area contributed by atoms with E-state index in [4.69, 9.17) is 0 Å². The van der Waals surface area contributed by atoms with Crippen LogP contribution in [0, 0.1) is 0 Å². The molecule has 33 heavy (non-hydrogen) atoms. The number of carbonyl (C=O) groups is 2. The number of hydrogen-bond acceptors (Lipinski definition) is 5. The van der Waals surface area contributed by atoms with Crippen LogP contribution in [0.3, 0.4) is 0 Å². The summed E-state index contributed by atoms with van der Waals surface area (Å²) in [5, 5.41) is 14.8. The highest BCUT2D eigenvalue weighted by Crippen LogP contribution is 2.30. The molecule has 1 aromatic heterocycles. The first-order valence-corrected chi connectivity index (χ1v) is 12.2. The summed E-state index contributed by atoms with van der Waals surface area (Å²) < 4.78 is 1.85. The number of hydrogen-bond donors (Lipinski definition) is 2. The van der Waals surface area contributed by atoms with E-state index in [1.54, 1.807) is 18.1 Å². The summed E-state index contributed by atoms with van der Waals surface area (Å²) in [6.07, 6.45) is 4.66. The van der Waals surface area contributed by atoms with Gasteiger partial charge in [-0.1, -0.05) is 66.4 Å². The largest absolute Gasteiger partial charge is 0.355 e. The Hall–Kier alpha value is -3.13. The van der Waals surface area contributed by atoms with Crippen LogP contribution in [0.5, 0.6) is 0 Å². The molecule has 2 aromatic carbocycles. The Morgan fingerprint density at radius 1 is 1.15 bits per heavy atom. The Kier molecular flexibility index (Phi) is 7.44. The number of rotatable bonds is 10. The van der Waals surface area contributed by atoms with Crippen LogP contribution in [0.1, 0.15) is 31.2 Å². The average molecular weight is 464 g/mol. The molecule has 1 saturated heterocycles. The van der Waals surface area contributed by atoms with Gasteiger partial charge in [-0.05, 0) is 36.0 Å². The number of benzene rings is 2. The molecular formula is C25H29N5O2S. The van der Waals surface area contributed by atoms with Gasteiger partial charge in [-0.3, -0.25) is 9.59 Å². The zero-order chi connectivity index (χ0) is 23.1. The molecule has 2 amide bonds. The van der Waals surface area contributed by atoms with Crippen molar-refractivity contribution in [1.82, 2.24) is 25.4 Å². The number of aryl methyl sites for hydroxylation is 1. The number of nitrogens with zero attached hydrogens (tertiary/aromatic N) is 3. The van der Waals surface area contributed by atoms with Crippen molar-refractivity contribution in [1.29, 1.82) is 0 Å². The molecule has 7 nitrogen and oxygen atoms in total. The Morgan fingerprint density at radius 2 is 1.91 bits per heavy atom. The fourth-order valence-electron chi connectivity index (χ4n) is 4.20. The summed E-state index contributed by atoms with van der Waals surface area (Å²) in [5.41, 5.74) is 3.15. The lowest BCUT2D eigenvalue weighted by Crippen LogP contribution is -2.44. The Morgan fingerprint density at radius 3 is 2.58 bits per heavy atom. The average Bonchev–Trinajstić information content (AvgIpc) is 3.41. The SMILES string of the molecule is Cn1cnnc1SCCNC(=O)CCC1(Cc2ccc(-c3ccccc3)cc2)CCC(=O)N1. The van der Waals surface area contributed by atoms with E-state index in [9.17, 15) is 9.59 Å². The lowest BCUT2D eigenvalue weighted by Gasteiger charge is -2.29. The Balaban J connectivity index is 1.29. The molecule has 1 aliphatic heterocycles. The topological polar surface area (TPSA) is 88.9 Å². The molecular weight excluding hydrogens is 434 g/mol. The van der Waals surface area contributed by atoms with Crippen molar-refractivity contribution in [2.45, 2.75) is 42.8 Å². The predicted octanol–water partition coefficient (Wildman–Crippen LogP) is 3.36. The maximum atomic E-state index is 12.4. The van der Waals surface area contributed by atoms with E-state index >= 15 is 0 Å². The van der Waals surface area contributed by atoms with E-state index in [1.807, 2.05) is 29.8 Å². The summed E-state index contributed by atoms with van der Waals surface area (Å²) in [5.74, 6) is 0.804. The van der Waals surface area contributed by atoms with Gasteiger partial charge in [0.1, 0.15) is 6.33 Å². The van der Waals surface area contributed by atoms with Crippen molar-refractivity contribution in [3.05, 3.63) is 66.5 Å². The van der Waals surface area contributed by atoms with Crippen molar-refractivity contribution >= 4 is 23.6 Å². The van der Waals surface area contributed by atoms with Crippen LogP contribution in [-0.4, -0.2) is 44.4 Å². The van der Waals surface area contributed by atoms with Crippen molar-refractivity contribution in [3.8, 4) is 11.1 Å². The first kappa shape index (κ1) is 23.0. The standard InChI is InChI=1S/C25H29N5O2S/c1-30-18-27-29-24(30)33-16-15-26-22(31)11-13-25(14-12-23(32)28-25)17-19-7-9-21(10-8-19)20-5-3-2-4-6-20/h2-10,18H,11-17H2,1H3,(H,26,31)(H,28,32). The molecule has 1 fully saturated rings. The van der Waals surface area contributed by atoms with Crippen LogP contribution >= 0.6 is 11.8 Å². The van der Waals surface area contributed by atoms with E-state index in [2.05, 4.69) is 57.2 Å². The fraction of sp³-hybridized carbons (Fsp3) is 0.360. The molecule has 1 unspecified atom stereocenters. The van der Waals surface area contributed by atoms with Crippen LogP contribution in [-0.2, 0) is 23.1 Å². The van der Waals surface area contributed by atoms with Crippen molar-refractivity contribution < 1.29 is 9.59 Å². The molecule has 1 aliphatic rings. The quantitative estimate of drug-likeness (QED) is 0.356. The lowest BCUT2D eigenvalue weighted by molar-refractivity contribution is -0.122. The highest BCUT2D eigenvalue weighted by atomic mass is 32.2. The summed E-state index contributed by atoms with van der Waals surface area (Å²) in [6, 6.07) is 18.8. The number of thioether (sulfide) groups is 1. The van der Waals surface area contributed by atoms with Crippen molar-refractivity contribution in [2.75, 3.05) is 12.3 Å². The Bertz CT molecular complexity index is 1080. The minimum absolute atomic E-state index is 0.00788. The van der Waals surface area contributed by atoms with Crippen LogP contribution < -0.4 is 10.6 Å². The van der Waals surface area contributed by atoms with E-state index in [0.717, 1.165) is 29.3 Å². The van der Waals surface area contributed by atoms with Gasteiger partial charge < -0.3 is 15.2 Å².